The van der Waals surface area contributed by atoms with Gasteiger partial charge in [-0.3, -0.25) is 4.99 Å². The largest absolute Gasteiger partial charge is 1.00 e. The second kappa shape index (κ2) is 4.21. The van der Waals surface area contributed by atoms with E-state index in [0.29, 0.717) is 0 Å². The van der Waals surface area contributed by atoms with Crippen LogP contribution in [0.4, 0.5) is 0 Å². The van der Waals surface area contributed by atoms with Gasteiger partial charge in [0.1, 0.15) is 0 Å². The quantitative estimate of drug-likeness (QED) is 0.463. The highest BCUT2D eigenvalue weighted by Crippen LogP contribution is 2.07. The number of nitrogens with zero attached hydrogens (tertiary/aromatic N) is 1. The molecule has 0 aromatic carbocycles. The number of rotatable bonds is 0. The van der Waals surface area contributed by atoms with E-state index in [1.165, 1.54) is 6.42 Å². The highest BCUT2D eigenvalue weighted by Gasteiger charge is 1.97. The van der Waals surface area contributed by atoms with E-state index in [2.05, 4.69) is 4.99 Å². The molecule has 1 aliphatic heterocycles. The Kier molecular flexibility index (Phi) is 4.36. The zero-order valence-electron chi connectivity index (χ0n) is 4.43. The fourth-order valence-electron chi connectivity index (χ4n) is 0.476. The van der Waals surface area contributed by atoms with Gasteiger partial charge in [0.05, 0.1) is 0 Å². The second-order valence-electron chi connectivity index (χ2n) is 1.42. The van der Waals surface area contributed by atoms with Crippen molar-refractivity contribution in [3.05, 3.63) is 0 Å². The third kappa shape index (κ3) is 2.57. The maximum atomic E-state index is 5.35. The fourth-order valence-corrected chi connectivity index (χ4v) is 1.14. The second-order valence-corrected chi connectivity index (χ2v) is 2.54. The molecule has 0 aromatic heterocycles. The van der Waals surface area contributed by atoms with E-state index >= 15 is 0 Å². The van der Waals surface area contributed by atoms with Gasteiger partial charge in [-0.25, -0.2) is 0 Å². The Morgan fingerprint density at radius 2 is 2.38 bits per heavy atom. The number of amidine groups is 1. The van der Waals surface area contributed by atoms with Crippen molar-refractivity contribution in [3.8, 4) is 0 Å². The molecule has 8 heavy (non-hydrogen) atoms. The van der Waals surface area contributed by atoms with Crippen molar-refractivity contribution in [1.82, 2.24) is 0 Å². The van der Waals surface area contributed by atoms with Gasteiger partial charge in [-0.1, -0.05) is 11.8 Å². The maximum absolute atomic E-state index is 5.35. The molecule has 0 atom stereocenters. The maximum Gasteiger partial charge on any atom is 0.153 e. The van der Waals surface area contributed by atoms with Crippen molar-refractivity contribution < 1.29 is 17.0 Å². The SMILES string of the molecule is NC1=NCCCS1.[Br-]. The van der Waals surface area contributed by atoms with E-state index in [-0.39, 0.29) is 17.0 Å². The lowest BCUT2D eigenvalue weighted by Gasteiger charge is -2.04. The smallest absolute Gasteiger partial charge is 0.153 e. The van der Waals surface area contributed by atoms with Crippen LogP contribution in [0.15, 0.2) is 4.99 Å². The van der Waals surface area contributed by atoms with Gasteiger partial charge in [-0.05, 0) is 6.42 Å². The summed E-state index contributed by atoms with van der Waals surface area (Å²) < 4.78 is 0. The monoisotopic (exact) mass is 195 g/mol. The molecule has 0 fully saturated rings. The van der Waals surface area contributed by atoms with Gasteiger partial charge in [0.15, 0.2) is 5.17 Å². The average Bonchev–Trinajstić information content (AvgIpc) is 1.69. The van der Waals surface area contributed by atoms with Crippen molar-refractivity contribution in [2.75, 3.05) is 12.3 Å². The molecule has 0 saturated heterocycles. The van der Waals surface area contributed by atoms with Crippen LogP contribution in [0, 0.1) is 0 Å². The first-order valence-electron chi connectivity index (χ1n) is 2.32. The van der Waals surface area contributed by atoms with Crippen molar-refractivity contribution in [2.24, 2.45) is 10.7 Å². The molecular formula is C4H8BrN2S-. The zero-order valence-corrected chi connectivity index (χ0v) is 6.83. The summed E-state index contributed by atoms with van der Waals surface area (Å²) in [7, 11) is 0. The molecule has 0 aliphatic carbocycles. The fraction of sp³-hybridized carbons (Fsp3) is 0.750. The molecule has 1 aliphatic rings. The molecule has 0 spiro atoms. The highest BCUT2D eigenvalue weighted by molar-refractivity contribution is 8.13. The third-order valence-corrected chi connectivity index (χ3v) is 1.74. The molecule has 1 heterocycles. The topological polar surface area (TPSA) is 38.4 Å². The summed E-state index contributed by atoms with van der Waals surface area (Å²) >= 11 is 1.65. The Bertz CT molecular complexity index is 94.0. The third-order valence-electron chi connectivity index (χ3n) is 0.820. The Balaban J connectivity index is 0.000000490. The summed E-state index contributed by atoms with van der Waals surface area (Å²) in [5.41, 5.74) is 5.35. The molecule has 0 unspecified atom stereocenters. The molecule has 0 bridgehead atoms. The molecule has 0 amide bonds. The normalized spacial score (nSPS) is 18.8. The number of hydrogen-bond donors (Lipinski definition) is 1. The molecule has 0 aromatic rings. The van der Waals surface area contributed by atoms with Crippen LogP contribution >= 0.6 is 11.8 Å². The van der Waals surface area contributed by atoms with Gasteiger partial charge in [-0.2, -0.15) is 0 Å². The first-order valence-corrected chi connectivity index (χ1v) is 3.31. The van der Waals surface area contributed by atoms with Crippen LogP contribution in [0.5, 0.6) is 0 Å². The van der Waals surface area contributed by atoms with E-state index in [4.69, 9.17) is 5.73 Å². The first-order chi connectivity index (χ1) is 3.39. The number of hydrogen-bond acceptors (Lipinski definition) is 3. The van der Waals surface area contributed by atoms with E-state index in [0.717, 1.165) is 17.5 Å². The minimum atomic E-state index is 0. The summed E-state index contributed by atoms with van der Waals surface area (Å²) in [6, 6.07) is 0. The summed E-state index contributed by atoms with van der Waals surface area (Å²) in [6.07, 6.45) is 1.19. The van der Waals surface area contributed by atoms with Crippen molar-refractivity contribution in [2.45, 2.75) is 6.42 Å². The van der Waals surface area contributed by atoms with Crippen LogP contribution in [0.2, 0.25) is 0 Å². The van der Waals surface area contributed by atoms with Crippen LogP contribution in [0.3, 0.4) is 0 Å². The predicted molar refractivity (Wildman–Crippen MR) is 33.6 cm³/mol. The molecular weight excluding hydrogens is 188 g/mol. The van der Waals surface area contributed by atoms with E-state index in [9.17, 15) is 0 Å². The Hall–Kier alpha value is 0.300. The number of thioether (sulfide) groups is 1. The van der Waals surface area contributed by atoms with Crippen LogP contribution in [0.25, 0.3) is 0 Å². The molecule has 2 nitrogen and oxygen atoms in total. The van der Waals surface area contributed by atoms with Crippen LogP contribution in [-0.4, -0.2) is 17.5 Å². The standard InChI is InChI=1S/C4H8N2S.BrH/c5-4-6-2-1-3-7-4;/h1-3H2,(H2,5,6);1H/p-1. The Morgan fingerprint density at radius 3 is 2.62 bits per heavy atom. The lowest BCUT2D eigenvalue weighted by atomic mass is 10.5. The van der Waals surface area contributed by atoms with Gasteiger partial charge in [0.2, 0.25) is 0 Å². The van der Waals surface area contributed by atoms with Crippen molar-refractivity contribution >= 4 is 16.9 Å². The molecule has 2 N–H and O–H groups in total. The molecule has 48 valence electrons. The number of halogens is 1. The van der Waals surface area contributed by atoms with Crippen LogP contribution in [0.1, 0.15) is 6.42 Å². The first kappa shape index (κ1) is 8.30. The van der Waals surface area contributed by atoms with Gasteiger partial charge in [0, 0.05) is 12.3 Å². The summed E-state index contributed by atoms with van der Waals surface area (Å²) in [6.45, 7) is 0.929. The zero-order chi connectivity index (χ0) is 5.11. The number of nitrogens with two attached hydrogens (primary N) is 1. The molecule has 0 radical (unpaired) electrons. The Labute approximate surface area is 63.7 Å². The Morgan fingerprint density at radius 1 is 1.62 bits per heavy atom. The predicted octanol–water partition coefficient (Wildman–Crippen LogP) is -2.56. The minimum absolute atomic E-state index is 0. The lowest BCUT2D eigenvalue weighted by molar-refractivity contribution is -0.00000153. The minimum Gasteiger partial charge on any atom is -1.00 e. The van der Waals surface area contributed by atoms with Gasteiger partial charge < -0.3 is 22.7 Å². The lowest BCUT2D eigenvalue weighted by Crippen LogP contribution is -3.00. The highest BCUT2D eigenvalue weighted by atomic mass is 79.9. The van der Waals surface area contributed by atoms with Crippen molar-refractivity contribution in [1.29, 1.82) is 0 Å². The van der Waals surface area contributed by atoms with Crippen molar-refractivity contribution in [3.63, 3.8) is 0 Å². The summed E-state index contributed by atoms with van der Waals surface area (Å²) in [5.74, 6) is 1.15. The number of aliphatic imine (C=N–C) groups is 1. The van der Waals surface area contributed by atoms with E-state index in [1.54, 1.807) is 11.8 Å². The summed E-state index contributed by atoms with van der Waals surface area (Å²) in [5, 5.41) is 0.756. The van der Waals surface area contributed by atoms with E-state index < -0.39 is 0 Å². The van der Waals surface area contributed by atoms with Gasteiger partial charge in [0.25, 0.3) is 0 Å². The van der Waals surface area contributed by atoms with Crippen LogP contribution in [-0.2, 0) is 0 Å². The van der Waals surface area contributed by atoms with E-state index in [1.807, 2.05) is 0 Å². The molecule has 1 rings (SSSR count). The summed E-state index contributed by atoms with van der Waals surface area (Å²) in [4.78, 5) is 3.99. The van der Waals surface area contributed by atoms with Crippen LogP contribution < -0.4 is 22.7 Å². The average molecular weight is 196 g/mol. The van der Waals surface area contributed by atoms with Gasteiger partial charge >= 0.3 is 0 Å². The molecule has 0 saturated carbocycles. The molecule has 4 heteroatoms. The van der Waals surface area contributed by atoms with Gasteiger partial charge in [-0.15, -0.1) is 0 Å².